The molecule has 0 radical (unpaired) electrons. The first-order valence-corrected chi connectivity index (χ1v) is 6.60. The molecule has 0 unspecified atom stereocenters. The zero-order valence-corrected chi connectivity index (χ0v) is 11.1. The fourth-order valence-electron chi connectivity index (χ4n) is 1.39. The summed E-state index contributed by atoms with van der Waals surface area (Å²) < 4.78 is 0. The third-order valence-electron chi connectivity index (χ3n) is 2.30. The molecule has 98 valence electrons. The summed E-state index contributed by atoms with van der Waals surface area (Å²) in [7, 11) is 0. The van der Waals surface area contributed by atoms with Crippen LogP contribution in [0.15, 0.2) is 24.5 Å². The van der Waals surface area contributed by atoms with E-state index in [1.165, 1.54) is 11.3 Å². The van der Waals surface area contributed by atoms with Gasteiger partial charge in [-0.05, 0) is 18.6 Å². The Morgan fingerprint density at radius 2 is 2.00 bits per heavy atom. The zero-order valence-electron chi connectivity index (χ0n) is 10.3. The number of nitrogens with zero attached hydrogens (tertiary/aromatic N) is 3. The molecule has 0 bridgehead atoms. The smallest absolute Gasteiger partial charge is 0.293 e. The van der Waals surface area contributed by atoms with E-state index in [1.807, 2.05) is 6.92 Å². The van der Waals surface area contributed by atoms with Gasteiger partial charge in [0.15, 0.2) is 0 Å². The second kappa shape index (κ2) is 6.14. The van der Waals surface area contributed by atoms with Crippen molar-refractivity contribution >= 4 is 28.2 Å². The van der Waals surface area contributed by atoms with Gasteiger partial charge in [0.1, 0.15) is 5.01 Å². The van der Waals surface area contributed by atoms with Crippen molar-refractivity contribution in [1.29, 1.82) is 0 Å². The summed E-state index contributed by atoms with van der Waals surface area (Å²) in [5.74, 6) is -1.08. The largest absolute Gasteiger partial charge is 0.294 e. The summed E-state index contributed by atoms with van der Waals surface area (Å²) in [6.45, 7) is 1.84. The number of nitrogens with one attached hydrogen (secondary N) is 1. The first-order chi connectivity index (χ1) is 9.20. The molecule has 7 heteroatoms. The molecule has 0 aromatic carbocycles. The van der Waals surface area contributed by atoms with Crippen LogP contribution in [0.3, 0.4) is 0 Å². The lowest BCUT2D eigenvalue weighted by Crippen LogP contribution is -2.22. The topological polar surface area (TPSA) is 84.8 Å². The van der Waals surface area contributed by atoms with Crippen molar-refractivity contribution in [2.24, 2.45) is 0 Å². The minimum absolute atomic E-state index is 0.238. The van der Waals surface area contributed by atoms with Crippen molar-refractivity contribution < 1.29 is 9.59 Å². The summed E-state index contributed by atoms with van der Waals surface area (Å²) in [5, 5.41) is 11.2. The Morgan fingerprint density at radius 1 is 1.26 bits per heavy atom. The van der Waals surface area contributed by atoms with E-state index in [-0.39, 0.29) is 6.42 Å². The molecule has 0 saturated heterocycles. The molecular formula is C12H12N4O2S. The van der Waals surface area contributed by atoms with Crippen LogP contribution in [0.25, 0.3) is 10.6 Å². The van der Waals surface area contributed by atoms with Gasteiger partial charge in [0.05, 0.1) is 0 Å². The second-order valence-corrected chi connectivity index (χ2v) is 4.75. The number of aromatic nitrogens is 3. The molecule has 1 amide bonds. The van der Waals surface area contributed by atoms with Crippen molar-refractivity contribution in [3.8, 4) is 10.6 Å². The van der Waals surface area contributed by atoms with Crippen molar-refractivity contribution in [1.82, 2.24) is 15.2 Å². The van der Waals surface area contributed by atoms with Crippen LogP contribution in [-0.4, -0.2) is 26.9 Å². The number of amides is 1. The van der Waals surface area contributed by atoms with Gasteiger partial charge in [-0.1, -0.05) is 18.3 Å². The molecule has 2 heterocycles. The van der Waals surface area contributed by atoms with Gasteiger partial charge in [0.2, 0.25) is 10.9 Å². The van der Waals surface area contributed by atoms with Crippen LogP contribution in [-0.2, 0) is 9.59 Å². The van der Waals surface area contributed by atoms with Crippen LogP contribution in [0.1, 0.15) is 19.8 Å². The molecule has 0 atom stereocenters. The van der Waals surface area contributed by atoms with Gasteiger partial charge in [-0.25, -0.2) is 0 Å². The average molecular weight is 276 g/mol. The molecule has 0 aliphatic carbocycles. The zero-order chi connectivity index (χ0) is 13.7. The predicted molar refractivity (Wildman–Crippen MR) is 71.7 cm³/mol. The van der Waals surface area contributed by atoms with Crippen molar-refractivity contribution in [3.05, 3.63) is 24.5 Å². The van der Waals surface area contributed by atoms with Crippen LogP contribution < -0.4 is 5.32 Å². The maximum absolute atomic E-state index is 11.5. The van der Waals surface area contributed by atoms with Gasteiger partial charge in [-0.15, -0.1) is 10.2 Å². The van der Waals surface area contributed by atoms with E-state index < -0.39 is 11.7 Å². The van der Waals surface area contributed by atoms with Crippen molar-refractivity contribution in [3.63, 3.8) is 0 Å². The van der Waals surface area contributed by atoms with Gasteiger partial charge in [0, 0.05) is 24.4 Å². The number of hydrogen-bond donors (Lipinski definition) is 1. The van der Waals surface area contributed by atoms with Gasteiger partial charge >= 0.3 is 0 Å². The summed E-state index contributed by atoms with van der Waals surface area (Å²) in [4.78, 5) is 26.8. The average Bonchev–Trinajstić information content (AvgIpc) is 2.88. The minimum atomic E-state index is -0.640. The van der Waals surface area contributed by atoms with Gasteiger partial charge in [-0.2, -0.15) is 0 Å². The van der Waals surface area contributed by atoms with E-state index in [0.29, 0.717) is 16.6 Å². The highest BCUT2D eigenvalue weighted by molar-refractivity contribution is 7.18. The molecule has 0 saturated carbocycles. The number of ketones is 1. The molecule has 1 N–H and O–H groups in total. The molecule has 19 heavy (non-hydrogen) atoms. The van der Waals surface area contributed by atoms with E-state index in [0.717, 1.165) is 5.56 Å². The van der Waals surface area contributed by atoms with Crippen LogP contribution >= 0.6 is 11.3 Å². The monoisotopic (exact) mass is 276 g/mol. The molecular weight excluding hydrogens is 264 g/mol. The first-order valence-electron chi connectivity index (χ1n) is 5.78. The Hall–Kier alpha value is -2.15. The third kappa shape index (κ3) is 3.41. The van der Waals surface area contributed by atoms with Crippen molar-refractivity contribution in [2.75, 3.05) is 5.32 Å². The Kier molecular flexibility index (Phi) is 4.30. The first kappa shape index (κ1) is 13.3. The van der Waals surface area contributed by atoms with Crippen LogP contribution in [0.5, 0.6) is 0 Å². The maximum Gasteiger partial charge on any atom is 0.293 e. The Labute approximate surface area is 113 Å². The lowest BCUT2D eigenvalue weighted by atomic mass is 10.2. The number of pyridine rings is 1. The normalized spacial score (nSPS) is 10.2. The molecule has 0 aliphatic heterocycles. The number of Topliss-reactive ketones (excluding diaryl/α,β-unsaturated/α-hetero) is 1. The minimum Gasteiger partial charge on any atom is -0.294 e. The summed E-state index contributed by atoms with van der Waals surface area (Å²) in [5.41, 5.74) is 0.868. The molecule has 2 aromatic rings. The number of carbonyl (C=O) groups is 2. The lowest BCUT2D eigenvalue weighted by molar-refractivity contribution is -0.134. The van der Waals surface area contributed by atoms with E-state index in [1.54, 1.807) is 24.5 Å². The van der Waals surface area contributed by atoms with Gasteiger partial charge in [0.25, 0.3) is 5.91 Å². The maximum atomic E-state index is 11.5. The highest BCUT2D eigenvalue weighted by Crippen LogP contribution is 2.25. The number of anilines is 1. The Morgan fingerprint density at radius 3 is 2.68 bits per heavy atom. The fraction of sp³-hybridized carbons (Fsp3) is 0.250. The third-order valence-corrected chi connectivity index (χ3v) is 3.19. The van der Waals surface area contributed by atoms with E-state index in [2.05, 4.69) is 20.5 Å². The van der Waals surface area contributed by atoms with E-state index in [9.17, 15) is 9.59 Å². The Balaban J connectivity index is 2.06. The van der Waals surface area contributed by atoms with Gasteiger partial charge in [-0.3, -0.25) is 19.9 Å². The molecule has 2 aromatic heterocycles. The standard InChI is InChI=1S/C12H12N4O2S/c1-2-3-9(17)10(18)14-12-16-15-11(19-12)8-4-6-13-7-5-8/h4-7H,2-3H2,1H3,(H,14,16,18). The van der Waals surface area contributed by atoms with E-state index >= 15 is 0 Å². The SMILES string of the molecule is CCCC(=O)C(=O)Nc1nnc(-c2ccncc2)s1. The predicted octanol–water partition coefficient (Wildman–Crippen LogP) is 1.91. The van der Waals surface area contributed by atoms with Crippen LogP contribution in [0, 0.1) is 0 Å². The van der Waals surface area contributed by atoms with Gasteiger partial charge < -0.3 is 0 Å². The number of hydrogen-bond acceptors (Lipinski definition) is 6. The molecule has 0 fully saturated rings. The second-order valence-electron chi connectivity index (χ2n) is 3.78. The molecule has 0 spiro atoms. The van der Waals surface area contributed by atoms with Crippen LogP contribution in [0.4, 0.5) is 5.13 Å². The highest BCUT2D eigenvalue weighted by Gasteiger charge is 2.15. The molecule has 6 nitrogen and oxygen atoms in total. The number of rotatable bonds is 5. The van der Waals surface area contributed by atoms with Crippen molar-refractivity contribution in [2.45, 2.75) is 19.8 Å². The summed E-state index contributed by atoms with van der Waals surface area (Å²) in [6, 6.07) is 3.60. The molecule has 0 aliphatic rings. The van der Waals surface area contributed by atoms with E-state index in [4.69, 9.17) is 0 Å². The Bertz CT molecular complexity index is 582. The van der Waals surface area contributed by atoms with Crippen LogP contribution in [0.2, 0.25) is 0 Å². The lowest BCUT2D eigenvalue weighted by Gasteiger charge is -1.97. The fourth-order valence-corrected chi connectivity index (χ4v) is 2.14. The highest BCUT2D eigenvalue weighted by atomic mass is 32.1. The summed E-state index contributed by atoms with van der Waals surface area (Å²) in [6.07, 6.45) is 4.19. The number of carbonyl (C=O) groups excluding carboxylic acids is 2. The quantitative estimate of drug-likeness (QED) is 0.843. The molecule has 2 rings (SSSR count). The summed E-state index contributed by atoms with van der Waals surface area (Å²) >= 11 is 1.22.